The third kappa shape index (κ3) is 3.19. The van der Waals surface area contributed by atoms with E-state index in [9.17, 15) is 4.39 Å². The maximum Gasteiger partial charge on any atom is 0.126 e. The van der Waals surface area contributed by atoms with Gasteiger partial charge < -0.3 is 10.1 Å². The first-order valence-corrected chi connectivity index (χ1v) is 6.28. The van der Waals surface area contributed by atoms with Gasteiger partial charge in [-0.1, -0.05) is 13.0 Å². The van der Waals surface area contributed by atoms with Gasteiger partial charge in [-0.25, -0.2) is 4.39 Å². The summed E-state index contributed by atoms with van der Waals surface area (Å²) < 4.78 is 19.0. The van der Waals surface area contributed by atoms with E-state index in [-0.39, 0.29) is 11.9 Å². The van der Waals surface area contributed by atoms with E-state index in [0.717, 1.165) is 12.8 Å². The molecule has 94 valence electrons. The summed E-state index contributed by atoms with van der Waals surface area (Å²) in [6, 6.07) is 6.76. The number of benzene rings is 1. The molecule has 2 nitrogen and oxygen atoms in total. The fourth-order valence-corrected chi connectivity index (χ4v) is 2.50. The van der Waals surface area contributed by atoms with Crippen LogP contribution in [0.5, 0.6) is 5.75 Å². The highest BCUT2D eigenvalue weighted by molar-refractivity contribution is 5.23. The molecule has 3 heteroatoms. The predicted molar refractivity (Wildman–Crippen MR) is 66.7 cm³/mol. The first-order chi connectivity index (χ1) is 8.19. The minimum Gasteiger partial charge on any atom is -0.489 e. The van der Waals surface area contributed by atoms with E-state index in [1.165, 1.54) is 18.6 Å². The summed E-state index contributed by atoms with van der Waals surface area (Å²) in [5.41, 5.74) is 0. The molecule has 0 saturated heterocycles. The van der Waals surface area contributed by atoms with Crippen molar-refractivity contribution in [2.45, 2.75) is 38.3 Å². The molecule has 1 N–H and O–H groups in total. The number of hydrogen-bond acceptors (Lipinski definition) is 2. The van der Waals surface area contributed by atoms with Gasteiger partial charge in [0.05, 0.1) is 0 Å². The fourth-order valence-electron chi connectivity index (χ4n) is 2.50. The molecule has 0 bridgehead atoms. The second-order valence-corrected chi connectivity index (χ2v) is 4.93. The number of rotatable bonds is 3. The third-order valence-electron chi connectivity index (χ3n) is 3.51. The quantitative estimate of drug-likeness (QED) is 0.872. The van der Waals surface area contributed by atoms with Crippen LogP contribution in [0.1, 0.15) is 26.2 Å². The summed E-state index contributed by atoms with van der Waals surface area (Å²) in [5.74, 6) is 1.06. The van der Waals surface area contributed by atoms with Crippen molar-refractivity contribution in [3.8, 4) is 5.75 Å². The lowest BCUT2D eigenvalue weighted by Crippen LogP contribution is -2.45. The second-order valence-electron chi connectivity index (χ2n) is 4.93. The molecule has 1 aromatic carbocycles. The zero-order chi connectivity index (χ0) is 12.3. The number of ether oxygens (including phenoxy) is 1. The Morgan fingerprint density at radius 2 is 2.18 bits per heavy atom. The first-order valence-electron chi connectivity index (χ1n) is 6.28. The highest BCUT2D eigenvalue weighted by Gasteiger charge is 2.29. The molecule has 0 aliphatic heterocycles. The summed E-state index contributed by atoms with van der Waals surface area (Å²) >= 11 is 0. The molecule has 0 radical (unpaired) electrons. The van der Waals surface area contributed by atoms with E-state index in [4.69, 9.17) is 4.74 Å². The Labute approximate surface area is 102 Å². The smallest absolute Gasteiger partial charge is 0.126 e. The Morgan fingerprint density at radius 3 is 2.88 bits per heavy atom. The van der Waals surface area contributed by atoms with Gasteiger partial charge >= 0.3 is 0 Å². The van der Waals surface area contributed by atoms with Crippen molar-refractivity contribution >= 4 is 0 Å². The molecule has 3 unspecified atom stereocenters. The van der Waals surface area contributed by atoms with Gasteiger partial charge in [0.2, 0.25) is 0 Å². The van der Waals surface area contributed by atoms with Crippen molar-refractivity contribution in [1.29, 1.82) is 0 Å². The lowest BCUT2D eigenvalue weighted by atomic mass is 9.85. The van der Waals surface area contributed by atoms with E-state index in [0.29, 0.717) is 17.7 Å². The highest BCUT2D eigenvalue weighted by Crippen LogP contribution is 2.27. The molecule has 1 fully saturated rings. The third-order valence-corrected chi connectivity index (χ3v) is 3.51. The summed E-state index contributed by atoms with van der Waals surface area (Å²) in [6.45, 7) is 2.24. The van der Waals surface area contributed by atoms with Crippen molar-refractivity contribution in [1.82, 2.24) is 5.32 Å². The molecule has 1 aliphatic carbocycles. The lowest BCUT2D eigenvalue weighted by Gasteiger charge is -2.34. The summed E-state index contributed by atoms with van der Waals surface area (Å²) in [5, 5.41) is 3.29. The Balaban J connectivity index is 2.04. The van der Waals surface area contributed by atoms with Crippen molar-refractivity contribution in [3.63, 3.8) is 0 Å². The Bertz CT molecular complexity index is 369. The van der Waals surface area contributed by atoms with Crippen LogP contribution in [0.3, 0.4) is 0 Å². The van der Waals surface area contributed by atoms with Crippen LogP contribution >= 0.6 is 0 Å². The normalized spacial score (nSPS) is 29.0. The van der Waals surface area contributed by atoms with E-state index in [1.54, 1.807) is 6.07 Å². The predicted octanol–water partition coefficient (Wildman–Crippen LogP) is 2.98. The fraction of sp³-hybridized carbons (Fsp3) is 0.571. The molecule has 1 aromatic rings. The van der Waals surface area contributed by atoms with Gasteiger partial charge in [0, 0.05) is 12.1 Å². The van der Waals surface area contributed by atoms with Crippen LogP contribution in [0.2, 0.25) is 0 Å². The molecule has 1 aliphatic rings. The number of likely N-dealkylation sites (N-methyl/N-ethyl adjacent to an activating group) is 1. The van der Waals surface area contributed by atoms with Crippen LogP contribution in [0.15, 0.2) is 24.3 Å². The maximum atomic E-state index is 13.1. The number of halogens is 1. The molecule has 2 rings (SSSR count). The monoisotopic (exact) mass is 237 g/mol. The largest absolute Gasteiger partial charge is 0.489 e. The topological polar surface area (TPSA) is 21.3 Å². The van der Waals surface area contributed by atoms with Gasteiger partial charge in [0.25, 0.3) is 0 Å². The van der Waals surface area contributed by atoms with Gasteiger partial charge in [0.15, 0.2) is 0 Å². The average Bonchev–Trinajstić information content (AvgIpc) is 2.29. The Hall–Kier alpha value is -1.09. The summed E-state index contributed by atoms with van der Waals surface area (Å²) in [7, 11) is 1.96. The molecule has 0 aromatic heterocycles. The van der Waals surface area contributed by atoms with E-state index < -0.39 is 0 Å². The van der Waals surface area contributed by atoms with Gasteiger partial charge in [-0.2, -0.15) is 0 Å². The zero-order valence-electron chi connectivity index (χ0n) is 10.4. The molecule has 17 heavy (non-hydrogen) atoms. The van der Waals surface area contributed by atoms with Crippen LogP contribution in [-0.4, -0.2) is 19.2 Å². The maximum absolute atomic E-state index is 13.1. The van der Waals surface area contributed by atoms with Gasteiger partial charge in [-0.15, -0.1) is 0 Å². The van der Waals surface area contributed by atoms with Gasteiger partial charge in [-0.3, -0.25) is 0 Å². The standard InChI is InChI=1S/C14H20FNO/c1-10-6-7-13(16-2)14(8-10)17-12-5-3-4-11(15)9-12/h3-5,9-10,13-14,16H,6-8H2,1-2H3. The molecular weight excluding hydrogens is 217 g/mol. The number of hydrogen-bond donors (Lipinski definition) is 1. The van der Waals surface area contributed by atoms with Gasteiger partial charge in [-0.05, 0) is 44.4 Å². The molecule has 0 amide bonds. The molecule has 0 spiro atoms. The van der Waals surface area contributed by atoms with Crippen LogP contribution in [0, 0.1) is 11.7 Å². The molecular formula is C14H20FNO. The van der Waals surface area contributed by atoms with Crippen LogP contribution < -0.4 is 10.1 Å². The van der Waals surface area contributed by atoms with Crippen molar-refractivity contribution in [2.75, 3.05) is 7.05 Å². The van der Waals surface area contributed by atoms with Gasteiger partial charge in [0.1, 0.15) is 17.7 Å². The second kappa shape index (κ2) is 5.50. The molecule has 3 atom stereocenters. The minimum absolute atomic E-state index is 0.144. The number of nitrogens with one attached hydrogen (secondary N) is 1. The van der Waals surface area contributed by atoms with Crippen LogP contribution in [0.25, 0.3) is 0 Å². The Morgan fingerprint density at radius 1 is 1.35 bits per heavy atom. The van der Waals surface area contributed by atoms with E-state index in [1.807, 2.05) is 13.1 Å². The average molecular weight is 237 g/mol. The minimum atomic E-state index is -0.243. The molecule has 0 heterocycles. The summed E-state index contributed by atoms with van der Waals surface area (Å²) in [4.78, 5) is 0. The van der Waals surface area contributed by atoms with E-state index >= 15 is 0 Å². The Kier molecular flexibility index (Phi) is 4.00. The van der Waals surface area contributed by atoms with Crippen molar-refractivity contribution in [3.05, 3.63) is 30.1 Å². The summed E-state index contributed by atoms with van der Waals surface area (Å²) in [6.07, 6.45) is 3.53. The van der Waals surface area contributed by atoms with Crippen LogP contribution in [0.4, 0.5) is 4.39 Å². The highest BCUT2D eigenvalue weighted by atomic mass is 19.1. The van der Waals surface area contributed by atoms with Crippen molar-refractivity contribution in [2.24, 2.45) is 5.92 Å². The van der Waals surface area contributed by atoms with Crippen LogP contribution in [-0.2, 0) is 0 Å². The SMILES string of the molecule is CNC1CCC(C)CC1Oc1cccc(F)c1. The zero-order valence-corrected chi connectivity index (χ0v) is 10.4. The first kappa shape index (κ1) is 12.4. The molecule has 1 saturated carbocycles. The van der Waals surface area contributed by atoms with E-state index in [2.05, 4.69) is 12.2 Å². The lowest BCUT2D eigenvalue weighted by molar-refractivity contribution is 0.0941. The van der Waals surface area contributed by atoms with Crippen molar-refractivity contribution < 1.29 is 9.13 Å².